The summed E-state index contributed by atoms with van der Waals surface area (Å²) in [5, 5.41) is 3.60. The molecular formula is C27H27ClN4O3. The molecule has 1 aliphatic heterocycles. The smallest absolute Gasteiger partial charge is 0.259 e. The molecule has 7 nitrogen and oxygen atoms in total. The Morgan fingerprint density at radius 3 is 2.46 bits per heavy atom. The fraction of sp³-hybridized carbons (Fsp3) is 0.296. The van der Waals surface area contributed by atoms with Crippen molar-refractivity contribution in [3.8, 4) is 22.5 Å². The van der Waals surface area contributed by atoms with Crippen LogP contribution in [0, 0.1) is 0 Å². The second kappa shape index (κ2) is 10.1. The summed E-state index contributed by atoms with van der Waals surface area (Å²) in [5.74, 6) is 0.474. The van der Waals surface area contributed by atoms with Crippen LogP contribution >= 0.6 is 11.6 Å². The molecule has 180 valence electrons. The Bertz CT molecular complexity index is 1400. The van der Waals surface area contributed by atoms with E-state index in [0.717, 1.165) is 42.6 Å². The summed E-state index contributed by atoms with van der Waals surface area (Å²) in [6.45, 7) is 4.00. The van der Waals surface area contributed by atoms with E-state index in [9.17, 15) is 9.59 Å². The largest absolute Gasteiger partial charge is 0.377 e. The van der Waals surface area contributed by atoms with Crippen LogP contribution in [0.2, 0.25) is 5.02 Å². The Balaban J connectivity index is 1.54. The van der Waals surface area contributed by atoms with Gasteiger partial charge in [-0.2, -0.15) is 0 Å². The zero-order chi connectivity index (χ0) is 24.4. The second-order valence-electron chi connectivity index (χ2n) is 8.81. The zero-order valence-corrected chi connectivity index (χ0v) is 20.3. The van der Waals surface area contributed by atoms with Crippen LogP contribution in [0.25, 0.3) is 28.3 Å². The number of benzene rings is 2. The Hall–Kier alpha value is -3.42. The maximum atomic E-state index is 13.1. The zero-order valence-electron chi connectivity index (χ0n) is 19.5. The number of amides is 1. The number of hydrogen-bond acceptors (Lipinski definition) is 4. The molecule has 0 unspecified atom stereocenters. The number of carbonyl (C=O) groups excluding carboxylic acids is 1. The lowest BCUT2D eigenvalue weighted by Gasteiger charge is -2.26. The van der Waals surface area contributed by atoms with E-state index in [0.29, 0.717) is 35.3 Å². The first-order chi connectivity index (χ1) is 17.0. The number of unbranched alkanes of at least 4 members (excludes halogenated alkanes) is 2. The van der Waals surface area contributed by atoms with E-state index in [1.165, 1.54) is 0 Å². The predicted molar refractivity (Wildman–Crippen MR) is 137 cm³/mol. The normalized spacial score (nSPS) is 13.7. The van der Waals surface area contributed by atoms with E-state index >= 15 is 0 Å². The lowest BCUT2D eigenvalue weighted by atomic mass is 10.1. The Morgan fingerprint density at radius 2 is 1.80 bits per heavy atom. The van der Waals surface area contributed by atoms with Gasteiger partial charge in [0.2, 0.25) is 5.78 Å². The van der Waals surface area contributed by atoms with E-state index in [2.05, 4.69) is 16.8 Å². The Morgan fingerprint density at radius 1 is 1.09 bits per heavy atom. The highest BCUT2D eigenvalue weighted by molar-refractivity contribution is 6.30. The fourth-order valence-electron chi connectivity index (χ4n) is 4.21. The maximum Gasteiger partial charge on any atom is 0.259 e. The molecule has 2 aromatic heterocycles. The van der Waals surface area contributed by atoms with Crippen molar-refractivity contribution >= 4 is 23.3 Å². The molecule has 3 heterocycles. The van der Waals surface area contributed by atoms with Gasteiger partial charge in [0.05, 0.1) is 30.6 Å². The number of imidazole rings is 1. The van der Waals surface area contributed by atoms with Crippen LogP contribution in [0.15, 0.2) is 65.6 Å². The van der Waals surface area contributed by atoms with Crippen molar-refractivity contribution in [2.24, 2.45) is 0 Å². The van der Waals surface area contributed by atoms with Gasteiger partial charge in [-0.05, 0) is 36.2 Å². The van der Waals surface area contributed by atoms with Gasteiger partial charge < -0.3 is 14.6 Å². The molecule has 5 rings (SSSR count). The summed E-state index contributed by atoms with van der Waals surface area (Å²) in [6.07, 6.45) is 4.91. The molecule has 0 radical (unpaired) electrons. The van der Waals surface area contributed by atoms with Crippen LogP contribution in [-0.4, -0.2) is 39.1 Å². The van der Waals surface area contributed by atoms with Crippen LogP contribution in [-0.2, 0) is 11.3 Å². The lowest BCUT2D eigenvalue weighted by molar-refractivity contribution is -0.00346. The molecular weight excluding hydrogens is 464 g/mol. The van der Waals surface area contributed by atoms with E-state index in [1.807, 2.05) is 36.4 Å². The molecule has 35 heavy (non-hydrogen) atoms. The van der Waals surface area contributed by atoms with Gasteiger partial charge in [-0.15, -0.1) is 0 Å². The van der Waals surface area contributed by atoms with Crippen LogP contribution < -0.4 is 10.9 Å². The van der Waals surface area contributed by atoms with Crippen molar-refractivity contribution in [1.82, 2.24) is 19.3 Å². The number of aryl methyl sites for hydroxylation is 1. The number of carbonyl (C=O) groups is 1. The average Bonchev–Trinajstić information content (AvgIpc) is 3.29. The molecule has 0 spiro atoms. The van der Waals surface area contributed by atoms with Crippen molar-refractivity contribution < 1.29 is 9.53 Å². The van der Waals surface area contributed by atoms with Crippen molar-refractivity contribution in [2.75, 3.05) is 13.2 Å². The summed E-state index contributed by atoms with van der Waals surface area (Å²) in [5.41, 5.74) is 3.68. The first kappa shape index (κ1) is 23.3. The summed E-state index contributed by atoms with van der Waals surface area (Å²) < 4.78 is 8.82. The third kappa shape index (κ3) is 4.88. The third-order valence-electron chi connectivity index (χ3n) is 6.26. The van der Waals surface area contributed by atoms with Crippen LogP contribution in [0.4, 0.5) is 0 Å². The molecule has 1 N–H and O–H groups in total. The van der Waals surface area contributed by atoms with Crippen LogP contribution in [0.5, 0.6) is 0 Å². The van der Waals surface area contributed by atoms with Crippen LogP contribution in [0.1, 0.15) is 36.5 Å². The highest BCUT2D eigenvalue weighted by Gasteiger charge is 2.21. The van der Waals surface area contributed by atoms with Gasteiger partial charge in [0.15, 0.2) is 0 Å². The number of hydrogen-bond donors (Lipinski definition) is 1. The molecule has 8 heteroatoms. The summed E-state index contributed by atoms with van der Waals surface area (Å²) in [6, 6.07) is 16.5. The average molecular weight is 491 g/mol. The van der Waals surface area contributed by atoms with Gasteiger partial charge in [0.1, 0.15) is 0 Å². The number of nitrogens with one attached hydrogen (secondary N) is 1. The van der Waals surface area contributed by atoms with Crippen molar-refractivity contribution in [3.05, 3.63) is 81.7 Å². The number of rotatable bonds is 8. The fourth-order valence-corrected chi connectivity index (χ4v) is 4.34. The van der Waals surface area contributed by atoms with Crippen molar-refractivity contribution in [2.45, 2.75) is 38.8 Å². The van der Waals surface area contributed by atoms with Gasteiger partial charge in [0.25, 0.3) is 11.5 Å². The number of aromatic nitrogens is 3. The predicted octanol–water partition coefficient (Wildman–Crippen LogP) is 4.80. The van der Waals surface area contributed by atoms with Crippen molar-refractivity contribution in [1.29, 1.82) is 0 Å². The molecule has 0 bridgehead atoms. The van der Waals surface area contributed by atoms with E-state index in [4.69, 9.17) is 21.3 Å². The van der Waals surface area contributed by atoms with Gasteiger partial charge >= 0.3 is 0 Å². The lowest BCUT2D eigenvalue weighted by Crippen LogP contribution is -2.48. The second-order valence-corrected chi connectivity index (χ2v) is 9.25. The number of nitrogens with zero attached hydrogens (tertiary/aromatic N) is 3. The van der Waals surface area contributed by atoms with Gasteiger partial charge in [-0.1, -0.05) is 55.6 Å². The van der Waals surface area contributed by atoms with Gasteiger partial charge in [-0.25, -0.2) is 4.98 Å². The molecule has 4 aromatic rings. The molecule has 1 saturated heterocycles. The minimum atomic E-state index is -0.152. The first-order valence-electron chi connectivity index (χ1n) is 11.9. The molecule has 1 fully saturated rings. The topological polar surface area (TPSA) is 77.6 Å². The van der Waals surface area contributed by atoms with E-state index in [1.54, 1.807) is 28.8 Å². The Labute approximate surface area is 208 Å². The highest BCUT2D eigenvalue weighted by Crippen LogP contribution is 2.25. The number of halogens is 1. The summed E-state index contributed by atoms with van der Waals surface area (Å²) in [4.78, 5) is 30.4. The van der Waals surface area contributed by atoms with E-state index in [-0.39, 0.29) is 17.5 Å². The van der Waals surface area contributed by atoms with Crippen LogP contribution in [0.3, 0.4) is 0 Å². The number of fused-ring (bicyclic) bond motifs is 1. The Kier molecular flexibility index (Phi) is 6.70. The van der Waals surface area contributed by atoms with Gasteiger partial charge in [-0.3, -0.25) is 14.0 Å². The first-order valence-corrected chi connectivity index (χ1v) is 12.3. The molecule has 0 aliphatic carbocycles. The SMILES string of the molecule is CCCCCn1c(-c2ccc(C(=O)NC3COC3)cc2)cc(=O)n2cc(-c3ccc(Cl)cc3)nc12. The minimum Gasteiger partial charge on any atom is -0.377 e. The molecule has 1 amide bonds. The van der Waals surface area contributed by atoms with E-state index < -0.39 is 0 Å². The van der Waals surface area contributed by atoms with Gasteiger partial charge in [0, 0.05) is 35.0 Å². The maximum absolute atomic E-state index is 13.1. The monoisotopic (exact) mass is 490 g/mol. The molecule has 2 aromatic carbocycles. The molecule has 0 saturated carbocycles. The summed E-state index contributed by atoms with van der Waals surface area (Å²) >= 11 is 6.04. The summed E-state index contributed by atoms with van der Waals surface area (Å²) in [7, 11) is 0. The minimum absolute atomic E-state index is 0.0728. The molecule has 1 aliphatic rings. The third-order valence-corrected chi connectivity index (χ3v) is 6.51. The standard InChI is InChI=1S/C27H27ClN4O3/c1-2-3-4-13-31-24(19-5-7-20(8-6-19)26(34)29-22-16-35-17-22)14-25(33)32-15-23(30-27(31)32)18-9-11-21(28)12-10-18/h5-12,14-15,22H,2-4,13,16-17H2,1H3,(H,29,34). The quantitative estimate of drug-likeness (QED) is 0.360. The molecule has 0 atom stereocenters. The number of ether oxygens (including phenoxy) is 1. The van der Waals surface area contributed by atoms with Crippen molar-refractivity contribution in [3.63, 3.8) is 0 Å². The highest BCUT2D eigenvalue weighted by atomic mass is 35.5.